The molecule has 21 heavy (non-hydrogen) atoms. The molecule has 2 saturated carbocycles. The molecule has 1 aromatic carbocycles. The highest BCUT2D eigenvalue weighted by Gasteiger charge is 2.63. The summed E-state index contributed by atoms with van der Waals surface area (Å²) >= 11 is 0. The van der Waals surface area contributed by atoms with Crippen molar-refractivity contribution in [2.45, 2.75) is 18.9 Å². The van der Waals surface area contributed by atoms with Gasteiger partial charge in [0, 0.05) is 5.92 Å². The van der Waals surface area contributed by atoms with E-state index in [4.69, 9.17) is 9.47 Å². The second-order valence-electron chi connectivity index (χ2n) is 6.11. The molecule has 2 bridgehead atoms. The van der Waals surface area contributed by atoms with Crippen molar-refractivity contribution in [1.29, 1.82) is 0 Å². The van der Waals surface area contributed by atoms with Crippen molar-refractivity contribution >= 4 is 17.6 Å². The van der Waals surface area contributed by atoms with E-state index in [1.165, 1.54) is 0 Å². The number of amides is 1. The molecular formula is C16H17NO4. The van der Waals surface area contributed by atoms with Crippen LogP contribution in [0.1, 0.15) is 12.8 Å². The van der Waals surface area contributed by atoms with Crippen LogP contribution in [0.4, 0.5) is 5.69 Å². The first kappa shape index (κ1) is 12.7. The average molecular weight is 287 g/mol. The van der Waals surface area contributed by atoms with Gasteiger partial charge < -0.3 is 14.8 Å². The van der Waals surface area contributed by atoms with Crippen LogP contribution in [0.25, 0.3) is 0 Å². The van der Waals surface area contributed by atoms with Gasteiger partial charge in [0.05, 0.1) is 24.6 Å². The summed E-state index contributed by atoms with van der Waals surface area (Å²) in [5.74, 6) is 0.358. The van der Waals surface area contributed by atoms with Gasteiger partial charge in [0.2, 0.25) is 5.91 Å². The number of fused-ring (bicyclic) bond motifs is 1. The molecule has 0 spiro atoms. The van der Waals surface area contributed by atoms with E-state index < -0.39 is 0 Å². The summed E-state index contributed by atoms with van der Waals surface area (Å²) < 4.78 is 10.6. The first-order valence-electron chi connectivity index (χ1n) is 7.33. The Labute approximate surface area is 122 Å². The number of para-hydroxylation sites is 2. The van der Waals surface area contributed by atoms with Gasteiger partial charge in [-0.15, -0.1) is 0 Å². The van der Waals surface area contributed by atoms with E-state index in [0.29, 0.717) is 11.4 Å². The molecule has 0 aromatic heterocycles. The van der Waals surface area contributed by atoms with Crippen molar-refractivity contribution in [1.82, 2.24) is 0 Å². The van der Waals surface area contributed by atoms with Crippen LogP contribution >= 0.6 is 0 Å². The molecule has 1 aliphatic heterocycles. The molecule has 0 radical (unpaired) electrons. The smallest absolute Gasteiger partial charge is 0.310 e. The van der Waals surface area contributed by atoms with Gasteiger partial charge in [0.1, 0.15) is 11.9 Å². The van der Waals surface area contributed by atoms with Crippen molar-refractivity contribution in [3.8, 4) is 5.75 Å². The molecule has 110 valence electrons. The first-order valence-corrected chi connectivity index (χ1v) is 7.33. The monoisotopic (exact) mass is 287 g/mol. The fraction of sp³-hybridized carbons (Fsp3) is 0.500. The number of benzene rings is 1. The van der Waals surface area contributed by atoms with Crippen LogP contribution in [0.2, 0.25) is 0 Å². The van der Waals surface area contributed by atoms with Gasteiger partial charge in [-0.2, -0.15) is 0 Å². The van der Waals surface area contributed by atoms with Crippen LogP contribution in [0.5, 0.6) is 5.75 Å². The SMILES string of the molecule is COc1ccccc1NC(=O)C1C2CC3OC(=O)C1C3C2. The maximum absolute atomic E-state index is 12.6. The molecule has 4 rings (SSSR count). The predicted molar refractivity (Wildman–Crippen MR) is 74.7 cm³/mol. The lowest BCUT2D eigenvalue weighted by Crippen LogP contribution is -2.35. The number of ether oxygens (including phenoxy) is 2. The van der Waals surface area contributed by atoms with Gasteiger partial charge in [-0.1, -0.05) is 12.1 Å². The van der Waals surface area contributed by atoms with Crippen LogP contribution in [0.15, 0.2) is 24.3 Å². The third kappa shape index (κ3) is 1.76. The lowest BCUT2D eigenvalue weighted by molar-refractivity contribution is -0.145. The highest BCUT2D eigenvalue weighted by Crippen LogP contribution is 2.57. The Bertz CT molecular complexity index is 612. The predicted octanol–water partition coefficient (Wildman–Crippen LogP) is 1.83. The first-order chi connectivity index (χ1) is 10.2. The zero-order valence-electron chi connectivity index (χ0n) is 11.7. The van der Waals surface area contributed by atoms with Crippen molar-refractivity contribution in [3.63, 3.8) is 0 Å². The lowest BCUT2D eigenvalue weighted by Gasteiger charge is -2.23. The number of hydrogen-bond acceptors (Lipinski definition) is 4. The fourth-order valence-electron chi connectivity index (χ4n) is 4.33. The number of carbonyl (C=O) groups excluding carboxylic acids is 2. The molecule has 1 heterocycles. The van der Waals surface area contributed by atoms with E-state index >= 15 is 0 Å². The molecule has 5 atom stereocenters. The molecule has 5 heteroatoms. The summed E-state index contributed by atoms with van der Waals surface area (Å²) in [5, 5.41) is 2.92. The maximum Gasteiger partial charge on any atom is 0.310 e. The van der Waals surface area contributed by atoms with Gasteiger partial charge in [0.25, 0.3) is 0 Å². The lowest BCUT2D eigenvalue weighted by atomic mass is 9.79. The van der Waals surface area contributed by atoms with Gasteiger partial charge in [-0.25, -0.2) is 0 Å². The third-order valence-corrected chi connectivity index (χ3v) is 5.15. The summed E-state index contributed by atoms with van der Waals surface area (Å²) in [6.07, 6.45) is 1.82. The van der Waals surface area contributed by atoms with Crippen LogP contribution in [-0.4, -0.2) is 25.1 Å². The van der Waals surface area contributed by atoms with E-state index in [2.05, 4.69) is 5.32 Å². The van der Waals surface area contributed by atoms with Crippen molar-refractivity contribution in [2.75, 3.05) is 12.4 Å². The quantitative estimate of drug-likeness (QED) is 0.861. The number of carbonyl (C=O) groups is 2. The average Bonchev–Trinajstić information content (AvgIpc) is 3.09. The number of rotatable bonds is 3. The zero-order valence-corrected chi connectivity index (χ0v) is 11.7. The fourth-order valence-corrected chi connectivity index (χ4v) is 4.33. The molecule has 1 aromatic rings. The Morgan fingerprint density at radius 1 is 1.33 bits per heavy atom. The molecule has 5 unspecified atom stereocenters. The Morgan fingerprint density at radius 3 is 2.95 bits per heavy atom. The highest BCUT2D eigenvalue weighted by molar-refractivity contribution is 5.97. The maximum atomic E-state index is 12.6. The number of esters is 1. The van der Waals surface area contributed by atoms with E-state index in [1.54, 1.807) is 19.2 Å². The minimum atomic E-state index is -0.258. The van der Waals surface area contributed by atoms with Crippen LogP contribution < -0.4 is 10.1 Å². The summed E-state index contributed by atoms with van der Waals surface area (Å²) in [5.41, 5.74) is 0.649. The molecule has 5 nitrogen and oxygen atoms in total. The van der Waals surface area contributed by atoms with Crippen LogP contribution in [-0.2, 0) is 14.3 Å². The van der Waals surface area contributed by atoms with E-state index in [0.717, 1.165) is 12.8 Å². The Kier molecular flexibility index (Phi) is 2.71. The second-order valence-corrected chi connectivity index (χ2v) is 6.11. The topological polar surface area (TPSA) is 64.6 Å². The van der Waals surface area contributed by atoms with E-state index in [-0.39, 0.29) is 41.7 Å². The van der Waals surface area contributed by atoms with Crippen molar-refractivity contribution < 1.29 is 19.1 Å². The second kappa shape index (κ2) is 4.48. The Hall–Kier alpha value is -2.04. The van der Waals surface area contributed by atoms with Crippen LogP contribution in [0, 0.1) is 23.7 Å². The molecular weight excluding hydrogens is 270 g/mol. The van der Waals surface area contributed by atoms with Crippen LogP contribution in [0.3, 0.4) is 0 Å². The number of hydrogen-bond donors (Lipinski definition) is 1. The summed E-state index contributed by atoms with van der Waals surface area (Å²) in [4.78, 5) is 24.6. The van der Waals surface area contributed by atoms with Gasteiger partial charge >= 0.3 is 5.97 Å². The number of methoxy groups -OCH3 is 1. The molecule has 3 aliphatic rings. The van der Waals surface area contributed by atoms with Gasteiger partial charge in [0.15, 0.2) is 0 Å². The van der Waals surface area contributed by atoms with Crippen molar-refractivity contribution in [2.24, 2.45) is 23.7 Å². The largest absolute Gasteiger partial charge is 0.495 e. The normalized spacial score (nSPS) is 35.7. The Morgan fingerprint density at radius 2 is 2.14 bits per heavy atom. The number of nitrogens with one attached hydrogen (secondary N) is 1. The third-order valence-electron chi connectivity index (χ3n) is 5.15. The zero-order chi connectivity index (χ0) is 14.6. The minimum Gasteiger partial charge on any atom is -0.495 e. The highest BCUT2D eigenvalue weighted by atomic mass is 16.6. The molecule has 3 fully saturated rings. The van der Waals surface area contributed by atoms with E-state index in [9.17, 15) is 9.59 Å². The molecule has 1 N–H and O–H groups in total. The summed E-state index contributed by atoms with van der Waals surface area (Å²) in [6, 6.07) is 7.31. The van der Waals surface area contributed by atoms with Gasteiger partial charge in [-0.3, -0.25) is 9.59 Å². The molecule has 1 saturated heterocycles. The summed E-state index contributed by atoms with van der Waals surface area (Å²) in [7, 11) is 1.57. The minimum absolute atomic E-state index is 0.0582. The molecule has 1 amide bonds. The molecule has 2 aliphatic carbocycles. The van der Waals surface area contributed by atoms with Gasteiger partial charge in [-0.05, 0) is 30.9 Å². The Balaban J connectivity index is 1.57. The van der Waals surface area contributed by atoms with Crippen molar-refractivity contribution in [3.05, 3.63) is 24.3 Å². The standard InChI is InChI=1S/C16H17NO4/c1-20-11-5-3-2-4-10(11)17-15(18)13-8-6-9-12(7-8)21-16(19)14(9)13/h2-5,8-9,12-14H,6-7H2,1H3,(H,17,18). The van der Waals surface area contributed by atoms with E-state index in [1.807, 2.05) is 12.1 Å². The summed E-state index contributed by atoms with van der Waals surface area (Å²) in [6.45, 7) is 0. The number of anilines is 1.